The van der Waals surface area contributed by atoms with E-state index in [1.807, 2.05) is 0 Å². The summed E-state index contributed by atoms with van der Waals surface area (Å²) >= 11 is 0. The van der Waals surface area contributed by atoms with Crippen LogP contribution in [0.15, 0.2) is 21.3 Å². The van der Waals surface area contributed by atoms with Crippen molar-refractivity contribution in [3.63, 3.8) is 0 Å². The Morgan fingerprint density at radius 3 is 2.41 bits per heavy atom. The van der Waals surface area contributed by atoms with E-state index in [4.69, 9.17) is 13.9 Å². The maximum absolute atomic E-state index is 11.2. The molecule has 5 heteroatoms. The smallest absolute Gasteiger partial charge is 0.336 e. The molecule has 0 bridgehead atoms. The van der Waals surface area contributed by atoms with Crippen LogP contribution in [-0.4, -0.2) is 19.3 Å². The van der Waals surface area contributed by atoms with E-state index in [1.54, 1.807) is 6.92 Å². The van der Waals surface area contributed by atoms with Crippen LogP contribution in [0.5, 0.6) is 17.2 Å². The molecule has 0 radical (unpaired) electrons. The van der Waals surface area contributed by atoms with Crippen LogP contribution in [0.2, 0.25) is 0 Å². The van der Waals surface area contributed by atoms with Gasteiger partial charge in [-0.15, -0.1) is 0 Å². The predicted octanol–water partition coefficient (Wildman–Crippen LogP) is 1.82. The van der Waals surface area contributed by atoms with Gasteiger partial charge >= 0.3 is 5.63 Å². The largest absolute Gasteiger partial charge is 0.504 e. The molecular formula is C12H12O5. The molecule has 0 saturated carbocycles. The number of ether oxygens (including phenoxy) is 2. The molecule has 0 saturated heterocycles. The SMILES string of the molecule is COc1c(O)cc2oc(=O)cc(C)c2c1OC. The van der Waals surface area contributed by atoms with E-state index in [0.717, 1.165) is 0 Å². The zero-order valence-electron chi connectivity index (χ0n) is 9.73. The lowest BCUT2D eigenvalue weighted by atomic mass is 10.1. The first kappa shape index (κ1) is 11.3. The van der Waals surface area contributed by atoms with Crippen molar-refractivity contribution < 1.29 is 19.0 Å². The third-order valence-corrected chi connectivity index (χ3v) is 2.53. The average molecular weight is 236 g/mol. The molecule has 5 nitrogen and oxygen atoms in total. The lowest BCUT2D eigenvalue weighted by Crippen LogP contribution is -2.00. The van der Waals surface area contributed by atoms with Crippen LogP contribution in [-0.2, 0) is 0 Å². The Bertz CT molecular complexity index is 627. The second-order valence-electron chi connectivity index (χ2n) is 3.58. The molecule has 2 rings (SSSR count). The maximum Gasteiger partial charge on any atom is 0.336 e. The normalized spacial score (nSPS) is 10.5. The van der Waals surface area contributed by atoms with Gasteiger partial charge in [-0.2, -0.15) is 0 Å². The summed E-state index contributed by atoms with van der Waals surface area (Å²) < 4.78 is 15.3. The molecule has 1 aromatic carbocycles. The minimum atomic E-state index is -0.471. The average Bonchev–Trinajstić information content (AvgIpc) is 2.26. The van der Waals surface area contributed by atoms with Crippen molar-refractivity contribution in [1.82, 2.24) is 0 Å². The highest BCUT2D eigenvalue weighted by molar-refractivity contribution is 5.91. The number of fused-ring (bicyclic) bond motifs is 1. The van der Waals surface area contributed by atoms with Crippen LogP contribution in [0.4, 0.5) is 0 Å². The van der Waals surface area contributed by atoms with Crippen molar-refractivity contribution in [3.05, 3.63) is 28.1 Å². The minimum Gasteiger partial charge on any atom is -0.504 e. The summed E-state index contributed by atoms with van der Waals surface area (Å²) in [5.41, 5.74) is 0.498. The first-order chi connectivity index (χ1) is 8.08. The molecule has 90 valence electrons. The predicted molar refractivity (Wildman–Crippen MR) is 62.0 cm³/mol. The molecule has 0 amide bonds. The van der Waals surface area contributed by atoms with Crippen LogP contribution in [0, 0.1) is 6.92 Å². The molecule has 0 aliphatic carbocycles. The van der Waals surface area contributed by atoms with Crippen molar-refractivity contribution in [2.75, 3.05) is 14.2 Å². The summed E-state index contributed by atoms with van der Waals surface area (Å²) in [6.07, 6.45) is 0. The molecule has 1 aromatic heterocycles. The molecule has 0 spiro atoms. The van der Waals surface area contributed by atoms with Crippen LogP contribution >= 0.6 is 0 Å². The van der Waals surface area contributed by atoms with E-state index in [9.17, 15) is 9.90 Å². The third kappa shape index (κ3) is 1.69. The van der Waals surface area contributed by atoms with Gasteiger partial charge in [0.1, 0.15) is 5.58 Å². The minimum absolute atomic E-state index is 0.134. The highest BCUT2D eigenvalue weighted by Gasteiger charge is 2.18. The van der Waals surface area contributed by atoms with Crippen LogP contribution in [0.25, 0.3) is 11.0 Å². The number of aryl methyl sites for hydroxylation is 1. The molecule has 1 heterocycles. The third-order valence-electron chi connectivity index (χ3n) is 2.53. The molecule has 0 unspecified atom stereocenters. The first-order valence-corrected chi connectivity index (χ1v) is 4.97. The van der Waals surface area contributed by atoms with Crippen LogP contribution in [0.3, 0.4) is 0 Å². The van der Waals surface area contributed by atoms with Crippen LogP contribution in [0.1, 0.15) is 5.56 Å². The number of hydrogen-bond donors (Lipinski definition) is 1. The van der Waals surface area contributed by atoms with E-state index in [1.165, 1.54) is 26.4 Å². The topological polar surface area (TPSA) is 68.9 Å². The van der Waals surface area contributed by atoms with E-state index in [-0.39, 0.29) is 17.1 Å². The lowest BCUT2D eigenvalue weighted by Gasteiger charge is -2.12. The van der Waals surface area contributed by atoms with Gasteiger partial charge in [-0.05, 0) is 12.5 Å². The van der Waals surface area contributed by atoms with E-state index in [0.29, 0.717) is 16.7 Å². The molecule has 0 aliphatic rings. The fourth-order valence-corrected chi connectivity index (χ4v) is 1.84. The van der Waals surface area contributed by atoms with Crippen molar-refractivity contribution in [2.24, 2.45) is 0 Å². The van der Waals surface area contributed by atoms with Crippen molar-refractivity contribution >= 4 is 11.0 Å². The summed E-state index contributed by atoms with van der Waals surface area (Å²) in [6.45, 7) is 1.76. The Labute approximate surface area is 97.2 Å². The summed E-state index contributed by atoms with van der Waals surface area (Å²) in [7, 11) is 2.89. The monoisotopic (exact) mass is 236 g/mol. The van der Waals surface area contributed by atoms with Gasteiger partial charge in [0.25, 0.3) is 0 Å². The number of rotatable bonds is 2. The maximum atomic E-state index is 11.2. The van der Waals surface area contributed by atoms with E-state index >= 15 is 0 Å². The Hall–Kier alpha value is -2.17. The number of benzene rings is 1. The summed E-state index contributed by atoms with van der Waals surface area (Å²) in [4.78, 5) is 11.2. The summed E-state index contributed by atoms with van der Waals surface area (Å²) in [5.74, 6) is 0.436. The van der Waals surface area contributed by atoms with Crippen molar-refractivity contribution in [3.8, 4) is 17.2 Å². The zero-order valence-corrected chi connectivity index (χ0v) is 9.73. The van der Waals surface area contributed by atoms with Gasteiger partial charge in [0.2, 0.25) is 5.75 Å². The molecule has 17 heavy (non-hydrogen) atoms. The quantitative estimate of drug-likeness (QED) is 0.805. The van der Waals surface area contributed by atoms with Crippen molar-refractivity contribution in [1.29, 1.82) is 0 Å². The molecule has 2 aromatic rings. The number of aromatic hydroxyl groups is 1. The molecule has 0 fully saturated rings. The Balaban J connectivity index is 2.99. The Morgan fingerprint density at radius 1 is 1.18 bits per heavy atom. The van der Waals surface area contributed by atoms with Crippen LogP contribution < -0.4 is 15.1 Å². The highest BCUT2D eigenvalue weighted by atomic mass is 16.5. The second kappa shape index (κ2) is 4.01. The number of phenolic OH excluding ortho intramolecular Hbond substituents is 1. The second-order valence-corrected chi connectivity index (χ2v) is 3.58. The Morgan fingerprint density at radius 2 is 1.82 bits per heavy atom. The first-order valence-electron chi connectivity index (χ1n) is 4.97. The lowest BCUT2D eigenvalue weighted by molar-refractivity contribution is 0.335. The number of hydrogen-bond acceptors (Lipinski definition) is 5. The van der Waals surface area contributed by atoms with E-state index < -0.39 is 5.63 Å². The van der Waals surface area contributed by atoms with Gasteiger partial charge in [-0.1, -0.05) is 0 Å². The highest BCUT2D eigenvalue weighted by Crippen LogP contribution is 2.43. The zero-order chi connectivity index (χ0) is 12.6. The number of methoxy groups -OCH3 is 2. The summed E-state index contributed by atoms with van der Waals surface area (Å²) in [6, 6.07) is 2.70. The van der Waals surface area contributed by atoms with Gasteiger partial charge < -0.3 is 19.0 Å². The fraction of sp³-hybridized carbons (Fsp3) is 0.250. The standard InChI is InChI=1S/C12H12O5/c1-6-4-9(14)17-8-5-7(13)11(15-2)12(16-3)10(6)8/h4-5,13H,1-3H3. The van der Waals surface area contributed by atoms with Gasteiger partial charge in [-0.25, -0.2) is 4.79 Å². The summed E-state index contributed by atoms with van der Waals surface area (Å²) in [5, 5.41) is 10.3. The van der Waals surface area contributed by atoms with Gasteiger partial charge in [0.15, 0.2) is 11.5 Å². The molecular weight excluding hydrogens is 224 g/mol. The van der Waals surface area contributed by atoms with Crippen molar-refractivity contribution in [2.45, 2.75) is 6.92 Å². The molecule has 0 atom stereocenters. The van der Waals surface area contributed by atoms with Gasteiger partial charge in [0, 0.05) is 12.1 Å². The van der Waals surface area contributed by atoms with E-state index in [2.05, 4.69) is 0 Å². The Kier molecular flexibility index (Phi) is 2.67. The van der Waals surface area contributed by atoms with Gasteiger partial charge in [-0.3, -0.25) is 0 Å². The molecule has 0 aliphatic heterocycles. The van der Waals surface area contributed by atoms with Gasteiger partial charge in [0.05, 0.1) is 19.6 Å². The molecule has 1 N–H and O–H groups in total. The number of phenols is 1. The fourth-order valence-electron chi connectivity index (χ4n) is 1.84.